The van der Waals surface area contributed by atoms with Gasteiger partial charge in [0.1, 0.15) is 5.75 Å². The van der Waals surface area contributed by atoms with E-state index >= 15 is 0 Å². The second-order valence-corrected chi connectivity index (χ2v) is 5.78. The van der Waals surface area contributed by atoms with Gasteiger partial charge in [0, 0.05) is 9.11 Å². The summed E-state index contributed by atoms with van der Waals surface area (Å²) in [6.07, 6.45) is 0.891. The third-order valence-corrected chi connectivity index (χ3v) is 3.20. The molecule has 1 rings (SSSR count). The highest BCUT2D eigenvalue weighted by atomic mass is 127. The highest BCUT2D eigenvalue weighted by Gasteiger charge is 2.17. The number of carbonyl (C=O) groups is 1. The van der Waals surface area contributed by atoms with Gasteiger partial charge in [-0.3, -0.25) is 4.79 Å². The molecular weight excluding hydrogens is 329 g/mol. The van der Waals surface area contributed by atoms with Crippen LogP contribution < -0.4 is 10.1 Å². The van der Waals surface area contributed by atoms with Crippen molar-refractivity contribution >= 4 is 28.5 Å². The molecular formula is C13H18INO2. The topological polar surface area (TPSA) is 38.3 Å². The summed E-state index contributed by atoms with van der Waals surface area (Å²) >= 11 is 2.21. The van der Waals surface area contributed by atoms with Gasteiger partial charge in [0.05, 0.1) is 0 Å². The van der Waals surface area contributed by atoms with E-state index in [2.05, 4.69) is 27.9 Å². The lowest BCUT2D eigenvalue weighted by atomic mass is 10.0. The van der Waals surface area contributed by atoms with Gasteiger partial charge in [-0.2, -0.15) is 0 Å². The van der Waals surface area contributed by atoms with E-state index < -0.39 is 0 Å². The number of rotatable bonds is 5. The van der Waals surface area contributed by atoms with E-state index in [4.69, 9.17) is 4.74 Å². The molecule has 0 fully saturated rings. The number of hydrogen-bond donors (Lipinski definition) is 1. The van der Waals surface area contributed by atoms with E-state index in [1.54, 1.807) is 0 Å². The Kier molecular flexibility index (Phi) is 5.24. The lowest BCUT2D eigenvalue weighted by Gasteiger charge is -2.24. The zero-order chi connectivity index (χ0) is 12.9. The van der Waals surface area contributed by atoms with Gasteiger partial charge in [-0.15, -0.1) is 0 Å². The van der Waals surface area contributed by atoms with Crippen LogP contribution in [-0.4, -0.2) is 18.1 Å². The number of carbonyl (C=O) groups excluding carboxylic acids is 1. The van der Waals surface area contributed by atoms with Crippen molar-refractivity contribution in [2.75, 3.05) is 6.61 Å². The van der Waals surface area contributed by atoms with Crippen molar-refractivity contribution < 1.29 is 9.53 Å². The molecule has 0 aliphatic carbocycles. The summed E-state index contributed by atoms with van der Waals surface area (Å²) in [6.45, 7) is 6.09. The first-order valence-electron chi connectivity index (χ1n) is 5.62. The minimum Gasteiger partial charge on any atom is -0.484 e. The predicted octanol–water partition coefficient (Wildman–Crippen LogP) is 2.97. The Bertz CT molecular complexity index is 391. The summed E-state index contributed by atoms with van der Waals surface area (Å²) < 4.78 is 6.51. The molecule has 0 bridgehead atoms. The molecule has 94 valence electrons. The quantitative estimate of drug-likeness (QED) is 0.832. The van der Waals surface area contributed by atoms with Crippen LogP contribution in [0.4, 0.5) is 0 Å². The predicted molar refractivity (Wildman–Crippen MR) is 77.2 cm³/mol. The maximum absolute atomic E-state index is 11.6. The van der Waals surface area contributed by atoms with Gasteiger partial charge < -0.3 is 10.1 Å². The first-order chi connectivity index (χ1) is 7.93. The Morgan fingerprint density at radius 3 is 2.76 bits per heavy atom. The zero-order valence-corrected chi connectivity index (χ0v) is 12.6. The van der Waals surface area contributed by atoms with Crippen LogP contribution in [0.5, 0.6) is 5.75 Å². The third-order valence-electron chi connectivity index (χ3n) is 2.53. The van der Waals surface area contributed by atoms with Crippen LogP contribution in [-0.2, 0) is 4.79 Å². The number of hydrogen-bond acceptors (Lipinski definition) is 2. The molecule has 1 N–H and O–H groups in total. The maximum atomic E-state index is 11.6. The Balaban J connectivity index is 2.44. The molecule has 1 aromatic rings. The normalized spacial score (nSPS) is 11.1. The highest BCUT2D eigenvalue weighted by molar-refractivity contribution is 14.1. The second kappa shape index (κ2) is 6.23. The summed E-state index contributed by atoms with van der Waals surface area (Å²) in [7, 11) is 0. The molecule has 17 heavy (non-hydrogen) atoms. The molecule has 1 aromatic carbocycles. The molecule has 0 radical (unpaired) electrons. The molecule has 0 saturated heterocycles. The van der Waals surface area contributed by atoms with Gasteiger partial charge >= 0.3 is 0 Å². The standard InChI is InChI=1S/C13H18INO2/c1-4-13(2,3)15-12(16)9-17-11-7-5-6-10(14)8-11/h5-8H,4,9H2,1-3H3,(H,15,16). The van der Waals surface area contributed by atoms with E-state index in [0.29, 0.717) is 0 Å². The summed E-state index contributed by atoms with van der Waals surface area (Å²) in [5, 5.41) is 2.92. The first kappa shape index (κ1) is 14.3. The van der Waals surface area contributed by atoms with Crippen molar-refractivity contribution in [3.8, 4) is 5.75 Å². The molecule has 4 heteroatoms. The zero-order valence-electron chi connectivity index (χ0n) is 10.4. The molecule has 0 aliphatic heterocycles. The van der Waals surface area contributed by atoms with E-state index in [1.807, 2.05) is 45.0 Å². The van der Waals surface area contributed by atoms with Gasteiger partial charge in [-0.1, -0.05) is 13.0 Å². The van der Waals surface area contributed by atoms with E-state index in [-0.39, 0.29) is 18.1 Å². The van der Waals surface area contributed by atoms with Crippen LogP contribution >= 0.6 is 22.6 Å². The molecule has 0 aliphatic rings. The molecule has 1 amide bonds. The van der Waals surface area contributed by atoms with Crippen LogP contribution in [0.3, 0.4) is 0 Å². The fourth-order valence-electron chi connectivity index (χ4n) is 1.21. The molecule has 0 heterocycles. The van der Waals surface area contributed by atoms with Crippen LogP contribution in [0.1, 0.15) is 27.2 Å². The van der Waals surface area contributed by atoms with E-state index in [0.717, 1.165) is 15.7 Å². The number of halogens is 1. The van der Waals surface area contributed by atoms with Gasteiger partial charge in [-0.25, -0.2) is 0 Å². The number of ether oxygens (including phenoxy) is 1. The summed E-state index contributed by atoms with van der Waals surface area (Å²) in [5.74, 6) is 0.636. The van der Waals surface area contributed by atoms with Crippen molar-refractivity contribution in [1.29, 1.82) is 0 Å². The van der Waals surface area contributed by atoms with Crippen molar-refractivity contribution in [3.05, 3.63) is 27.8 Å². The fraction of sp³-hybridized carbons (Fsp3) is 0.462. The van der Waals surface area contributed by atoms with Crippen molar-refractivity contribution in [3.63, 3.8) is 0 Å². The van der Waals surface area contributed by atoms with Crippen LogP contribution in [0.15, 0.2) is 24.3 Å². The summed E-state index contributed by atoms with van der Waals surface area (Å²) in [4.78, 5) is 11.6. The van der Waals surface area contributed by atoms with Crippen molar-refractivity contribution in [1.82, 2.24) is 5.32 Å². The van der Waals surface area contributed by atoms with Gasteiger partial charge in [-0.05, 0) is 61.1 Å². The monoisotopic (exact) mass is 347 g/mol. The Morgan fingerprint density at radius 1 is 1.47 bits per heavy atom. The van der Waals surface area contributed by atoms with Crippen molar-refractivity contribution in [2.45, 2.75) is 32.7 Å². The SMILES string of the molecule is CCC(C)(C)NC(=O)COc1cccc(I)c1. The Morgan fingerprint density at radius 2 is 2.18 bits per heavy atom. The summed E-state index contributed by atoms with van der Waals surface area (Å²) in [6, 6.07) is 7.64. The Labute approximate surface area is 116 Å². The third kappa shape index (κ3) is 5.39. The van der Waals surface area contributed by atoms with Gasteiger partial charge in [0.15, 0.2) is 6.61 Å². The maximum Gasteiger partial charge on any atom is 0.258 e. The average Bonchev–Trinajstić information content (AvgIpc) is 2.26. The van der Waals surface area contributed by atoms with Crippen LogP contribution in [0.25, 0.3) is 0 Å². The molecule has 0 aromatic heterocycles. The Hall–Kier alpha value is -0.780. The number of benzene rings is 1. The fourth-order valence-corrected chi connectivity index (χ4v) is 1.72. The number of nitrogens with one attached hydrogen (secondary N) is 1. The first-order valence-corrected chi connectivity index (χ1v) is 6.70. The second-order valence-electron chi connectivity index (χ2n) is 4.53. The van der Waals surface area contributed by atoms with Crippen molar-refractivity contribution in [2.24, 2.45) is 0 Å². The van der Waals surface area contributed by atoms with Gasteiger partial charge in [0.2, 0.25) is 0 Å². The van der Waals surface area contributed by atoms with E-state index in [9.17, 15) is 4.79 Å². The largest absolute Gasteiger partial charge is 0.484 e. The smallest absolute Gasteiger partial charge is 0.258 e. The lowest BCUT2D eigenvalue weighted by Crippen LogP contribution is -2.44. The molecule has 0 spiro atoms. The highest BCUT2D eigenvalue weighted by Crippen LogP contribution is 2.14. The van der Waals surface area contributed by atoms with Gasteiger partial charge in [0.25, 0.3) is 5.91 Å². The summed E-state index contributed by atoms with van der Waals surface area (Å²) in [5.41, 5.74) is -0.175. The van der Waals surface area contributed by atoms with Crippen LogP contribution in [0.2, 0.25) is 0 Å². The van der Waals surface area contributed by atoms with E-state index in [1.165, 1.54) is 0 Å². The average molecular weight is 347 g/mol. The molecule has 3 nitrogen and oxygen atoms in total. The minimum atomic E-state index is -0.175. The number of amides is 1. The lowest BCUT2D eigenvalue weighted by molar-refractivity contribution is -0.124. The molecule has 0 saturated carbocycles. The molecule has 0 atom stereocenters. The molecule has 0 unspecified atom stereocenters. The van der Waals surface area contributed by atoms with Crippen LogP contribution in [0, 0.1) is 3.57 Å². The minimum absolute atomic E-state index is 0.0591.